The smallest absolute Gasteiger partial charge is 0.0589 e. The standard InChI is InChI=1S/C14H26N2OS/c1-14(2,3)15-10-12-6-7-13(18-12)11-16(4)8-9-17-5/h6-7,15H,8-11H2,1-5H3. The summed E-state index contributed by atoms with van der Waals surface area (Å²) in [7, 11) is 3.88. The highest BCUT2D eigenvalue weighted by Crippen LogP contribution is 2.18. The Balaban J connectivity index is 2.38. The zero-order valence-electron chi connectivity index (χ0n) is 12.2. The predicted molar refractivity (Wildman–Crippen MR) is 79.1 cm³/mol. The predicted octanol–water partition coefficient (Wildman–Crippen LogP) is 2.71. The molecule has 18 heavy (non-hydrogen) atoms. The quantitative estimate of drug-likeness (QED) is 0.824. The van der Waals surface area contributed by atoms with Gasteiger partial charge in [-0.2, -0.15) is 0 Å². The number of nitrogens with zero attached hydrogens (tertiary/aromatic N) is 1. The van der Waals surface area contributed by atoms with E-state index in [0.717, 1.165) is 26.2 Å². The summed E-state index contributed by atoms with van der Waals surface area (Å²) in [6.45, 7) is 10.3. The van der Waals surface area contributed by atoms with E-state index in [2.05, 4.69) is 50.2 Å². The van der Waals surface area contributed by atoms with Crippen molar-refractivity contribution in [2.45, 2.75) is 39.4 Å². The molecule has 0 atom stereocenters. The maximum Gasteiger partial charge on any atom is 0.0589 e. The topological polar surface area (TPSA) is 24.5 Å². The van der Waals surface area contributed by atoms with Gasteiger partial charge in [0.15, 0.2) is 0 Å². The molecule has 0 radical (unpaired) electrons. The van der Waals surface area contributed by atoms with E-state index in [4.69, 9.17) is 4.74 Å². The number of likely N-dealkylation sites (N-methyl/N-ethyl adjacent to an activating group) is 1. The van der Waals surface area contributed by atoms with Crippen LogP contribution in [0.5, 0.6) is 0 Å². The van der Waals surface area contributed by atoms with E-state index in [9.17, 15) is 0 Å². The minimum absolute atomic E-state index is 0.180. The molecule has 1 heterocycles. The van der Waals surface area contributed by atoms with E-state index in [1.807, 2.05) is 11.3 Å². The maximum absolute atomic E-state index is 5.08. The molecule has 0 unspecified atom stereocenters. The molecule has 0 saturated heterocycles. The molecule has 0 saturated carbocycles. The summed E-state index contributed by atoms with van der Waals surface area (Å²) in [5.41, 5.74) is 0.180. The second-order valence-corrected chi connectivity index (χ2v) is 6.96. The lowest BCUT2D eigenvalue weighted by molar-refractivity contribution is 0.159. The number of hydrogen-bond acceptors (Lipinski definition) is 4. The molecular weight excluding hydrogens is 244 g/mol. The van der Waals surface area contributed by atoms with Gasteiger partial charge in [-0.1, -0.05) is 0 Å². The lowest BCUT2D eigenvalue weighted by Crippen LogP contribution is -2.34. The molecule has 104 valence electrons. The summed E-state index contributed by atoms with van der Waals surface area (Å²) >= 11 is 1.89. The van der Waals surface area contributed by atoms with Crippen LogP contribution >= 0.6 is 11.3 Å². The molecule has 0 bridgehead atoms. The van der Waals surface area contributed by atoms with Crippen molar-refractivity contribution >= 4 is 11.3 Å². The van der Waals surface area contributed by atoms with E-state index >= 15 is 0 Å². The van der Waals surface area contributed by atoms with E-state index in [1.165, 1.54) is 9.75 Å². The fourth-order valence-electron chi connectivity index (χ4n) is 1.55. The fourth-order valence-corrected chi connectivity index (χ4v) is 2.59. The molecule has 1 aromatic rings. The number of hydrogen-bond donors (Lipinski definition) is 1. The van der Waals surface area contributed by atoms with Crippen LogP contribution in [0.25, 0.3) is 0 Å². The van der Waals surface area contributed by atoms with Gasteiger partial charge in [0.2, 0.25) is 0 Å². The molecule has 1 rings (SSSR count). The molecule has 0 amide bonds. The van der Waals surface area contributed by atoms with Crippen molar-refractivity contribution in [3.63, 3.8) is 0 Å². The largest absolute Gasteiger partial charge is 0.383 e. The summed E-state index contributed by atoms with van der Waals surface area (Å²) in [5.74, 6) is 0. The molecule has 0 aliphatic carbocycles. The van der Waals surface area contributed by atoms with Gasteiger partial charge in [-0.15, -0.1) is 11.3 Å². The van der Waals surface area contributed by atoms with Gasteiger partial charge >= 0.3 is 0 Å². The molecule has 1 aromatic heterocycles. The normalized spacial score (nSPS) is 12.3. The average Bonchev–Trinajstić information content (AvgIpc) is 2.70. The molecule has 0 spiro atoms. The Kier molecular flexibility index (Phi) is 6.29. The van der Waals surface area contributed by atoms with Crippen LogP contribution in [0.2, 0.25) is 0 Å². The molecule has 0 aliphatic rings. The summed E-state index contributed by atoms with van der Waals surface area (Å²) in [6, 6.07) is 4.45. The first-order valence-corrected chi connectivity index (χ1v) is 7.22. The fraction of sp³-hybridized carbons (Fsp3) is 0.714. The van der Waals surface area contributed by atoms with Crippen LogP contribution in [0.4, 0.5) is 0 Å². The van der Waals surface area contributed by atoms with Gasteiger partial charge in [0.1, 0.15) is 0 Å². The van der Waals surface area contributed by atoms with Gasteiger partial charge in [-0.05, 0) is 40.0 Å². The van der Waals surface area contributed by atoms with Crippen LogP contribution in [0, 0.1) is 0 Å². The number of methoxy groups -OCH3 is 1. The van der Waals surface area contributed by atoms with Gasteiger partial charge in [0.25, 0.3) is 0 Å². The minimum Gasteiger partial charge on any atom is -0.383 e. The Bertz CT molecular complexity index is 344. The zero-order chi connectivity index (χ0) is 13.6. The van der Waals surface area contributed by atoms with Crippen LogP contribution in [-0.4, -0.2) is 37.7 Å². The number of rotatable bonds is 7. The molecule has 3 nitrogen and oxygen atoms in total. The zero-order valence-corrected chi connectivity index (χ0v) is 13.1. The van der Waals surface area contributed by atoms with Crippen molar-refractivity contribution in [2.75, 3.05) is 27.3 Å². The van der Waals surface area contributed by atoms with E-state index in [-0.39, 0.29) is 5.54 Å². The van der Waals surface area contributed by atoms with Crippen LogP contribution in [0.1, 0.15) is 30.5 Å². The molecule has 0 aliphatic heterocycles. The average molecular weight is 270 g/mol. The van der Waals surface area contributed by atoms with Gasteiger partial charge in [-0.25, -0.2) is 0 Å². The second kappa shape index (κ2) is 7.24. The van der Waals surface area contributed by atoms with Gasteiger partial charge in [0.05, 0.1) is 6.61 Å². The van der Waals surface area contributed by atoms with Crippen LogP contribution in [0.15, 0.2) is 12.1 Å². The number of ether oxygens (including phenoxy) is 1. The third-order valence-electron chi connectivity index (χ3n) is 2.61. The first-order valence-electron chi connectivity index (χ1n) is 6.41. The summed E-state index contributed by atoms with van der Waals surface area (Å²) in [4.78, 5) is 5.11. The first-order chi connectivity index (χ1) is 8.40. The summed E-state index contributed by atoms with van der Waals surface area (Å²) < 4.78 is 5.08. The lowest BCUT2D eigenvalue weighted by Gasteiger charge is -2.19. The molecule has 0 aromatic carbocycles. The summed E-state index contributed by atoms with van der Waals surface area (Å²) in [6.07, 6.45) is 0. The van der Waals surface area contributed by atoms with Crippen molar-refractivity contribution in [1.82, 2.24) is 10.2 Å². The van der Waals surface area contributed by atoms with Gasteiger partial charge in [-0.3, -0.25) is 4.90 Å². The monoisotopic (exact) mass is 270 g/mol. The highest BCUT2D eigenvalue weighted by molar-refractivity contribution is 7.11. The highest BCUT2D eigenvalue weighted by Gasteiger charge is 2.10. The lowest BCUT2D eigenvalue weighted by atomic mass is 10.1. The third-order valence-corrected chi connectivity index (χ3v) is 3.68. The molecule has 4 heteroatoms. The van der Waals surface area contributed by atoms with Crippen molar-refractivity contribution in [3.05, 3.63) is 21.9 Å². The Morgan fingerprint density at radius 3 is 2.56 bits per heavy atom. The Morgan fingerprint density at radius 2 is 1.94 bits per heavy atom. The van der Waals surface area contributed by atoms with Crippen molar-refractivity contribution in [1.29, 1.82) is 0 Å². The Hall–Kier alpha value is -0.420. The Labute approximate surface area is 115 Å². The van der Waals surface area contributed by atoms with Crippen molar-refractivity contribution in [2.24, 2.45) is 0 Å². The SMILES string of the molecule is COCCN(C)Cc1ccc(CNC(C)(C)C)s1. The van der Waals surface area contributed by atoms with Crippen molar-refractivity contribution in [3.8, 4) is 0 Å². The van der Waals surface area contributed by atoms with Crippen LogP contribution in [-0.2, 0) is 17.8 Å². The van der Waals surface area contributed by atoms with Crippen molar-refractivity contribution < 1.29 is 4.74 Å². The molecule has 1 N–H and O–H groups in total. The van der Waals surface area contributed by atoms with Gasteiger partial charge < -0.3 is 10.1 Å². The number of nitrogens with one attached hydrogen (secondary N) is 1. The first kappa shape index (κ1) is 15.6. The van der Waals surface area contributed by atoms with Crippen LogP contribution in [0.3, 0.4) is 0 Å². The van der Waals surface area contributed by atoms with E-state index < -0.39 is 0 Å². The molecular formula is C14H26N2OS. The molecule has 0 fully saturated rings. The highest BCUT2D eigenvalue weighted by atomic mass is 32.1. The van der Waals surface area contributed by atoms with E-state index in [1.54, 1.807) is 7.11 Å². The van der Waals surface area contributed by atoms with Gasteiger partial charge in [0, 0.05) is 42.0 Å². The number of thiophene rings is 1. The second-order valence-electron chi connectivity index (χ2n) is 5.70. The van der Waals surface area contributed by atoms with E-state index in [0.29, 0.717) is 0 Å². The Morgan fingerprint density at radius 1 is 1.28 bits per heavy atom. The minimum atomic E-state index is 0.180. The summed E-state index contributed by atoms with van der Waals surface area (Å²) in [5, 5.41) is 3.52. The maximum atomic E-state index is 5.08. The van der Waals surface area contributed by atoms with Crippen LogP contribution < -0.4 is 5.32 Å². The third kappa shape index (κ3) is 6.50.